The van der Waals surface area contributed by atoms with Crippen molar-refractivity contribution < 1.29 is 18.0 Å². The van der Waals surface area contributed by atoms with Crippen LogP contribution in [0, 0.1) is 5.92 Å². The molecule has 2 rings (SSSR count). The van der Waals surface area contributed by atoms with E-state index in [1.165, 1.54) is 0 Å². The average Bonchev–Trinajstić information content (AvgIpc) is 3.08. The first-order valence-corrected chi connectivity index (χ1v) is 9.46. The third-order valence-corrected chi connectivity index (χ3v) is 5.04. The highest BCUT2D eigenvalue weighted by Gasteiger charge is 2.33. The summed E-state index contributed by atoms with van der Waals surface area (Å²) in [5.74, 6) is 1.07. The molecule has 27 heavy (non-hydrogen) atoms. The van der Waals surface area contributed by atoms with Gasteiger partial charge in [0.05, 0.1) is 6.54 Å². The Morgan fingerprint density at radius 1 is 1.41 bits per heavy atom. The third-order valence-electron chi connectivity index (χ3n) is 4.21. The molecule has 0 unspecified atom stereocenters. The lowest BCUT2D eigenvalue weighted by atomic mass is 9.93. The van der Waals surface area contributed by atoms with E-state index in [9.17, 15) is 18.0 Å². The number of carbonyl (C=O) groups excluding carboxylic acids is 1. The third kappa shape index (κ3) is 7.43. The number of rotatable bonds is 5. The van der Waals surface area contributed by atoms with Crippen LogP contribution in [0.4, 0.5) is 13.2 Å². The SMILES string of the molecule is CCNC(=NCc1nc(C(F)(F)F)cs1)N1CCC(CC(=O)NC)CC1.I. The first-order valence-electron chi connectivity index (χ1n) is 8.59. The van der Waals surface area contributed by atoms with Gasteiger partial charge in [0.25, 0.3) is 0 Å². The lowest BCUT2D eigenvalue weighted by molar-refractivity contribution is -0.140. The van der Waals surface area contributed by atoms with Crippen LogP contribution in [0.5, 0.6) is 0 Å². The van der Waals surface area contributed by atoms with E-state index in [2.05, 4.69) is 25.5 Å². The standard InChI is InChI=1S/C16H24F3N5OS.HI/c1-3-21-15(22-9-14-23-12(10-26-14)16(17,18)19)24-6-4-11(5-7-24)8-13(25)20-2;/h10-11H,3-9H2,1-2H3,(H,20,25)(H,21,22);1H. The van der Waals surface area contributed by atoms with Gasteiger partial charge in [0.15, 0.2) is 11.7 Å². The van der Waals surface area contributed by atoms with Crippen LogP contribution in [0.3, 0.4) is 0 Å². The number of alkyl halides is 3. The van der Waals surface area contributed by atoms with Crippen molar-refractivity contribution >= 4 is 47.2 Å². The molecular weight excluding hydrogens is 494 g/mol. The topological polar surface area (TPSA) is 69.6 Å². The van der Waals surface area contributed by atoms with Gasteiger partial charge in [0, 0.05) is 38.5 Å². The molecule has 0 saturated carbocycles. The van der Waals surface area contributed by atoms with E-state index in [0.717, 1.165) is 42.6 Å². The van der Waals surface area contributed by atoms with Crippen molar-refractivity contribution in [3.8, 4) is 0 Å². The van der Waals surface area contributed by atoms with E-state index in [-0.39, 0.29) is 36.4 Å². The molecule has 1 fully saturated rings. The van der Waals surface area contributed by atoms with Crippen molar-refractivity contribution in [1.29, 1.82) is 0 Å². The Kier molecular flexibility index (Phi) is 9.77. The predicted molar refractivity (Wildman–Crippen MR) is 110 cm³/mol. The molecule has 11 heteroatoms. The molecule has 2 N–H and O–H groups in total. The Morgan fingerprint density at radius 3 is 2.59 bits per heavy atom. The van der Waals surface area contributed by atoms with Gasteiger partial charge in [0.1, 0.15) is 5.01 Å². The smallest absolute Gasteiger partial charge is 0.359 e. The van der Waals surface area contributed by atoms with Crippen molar-refractivity contribution in [3.63, 3.8) is 0 Å². The van der Waals surface area contributed by atoms with E-state index >= 15 is 0 Å². The van der Waals surface area contributed by atoms with Gasteiger partial charge in [-0.15, -0.1) is 35.3 Å². The Labute approximate surface area is 178 Å². The maximum Gasteiger partial charge on any atom is 0.434 e. The molecule has 1 aromatic heterocycles. The highest BCUT2D eigenvalue weighted by molar-refractivity contribution is 14.0. The summed E-state index contributed by atoms with van der Waals surface area (Å²) < 4.78 is 37.9. The molecule has 154 valence electrons. The number of nitrogens with one attached hydrogen (secondary N) is 2. The van der Waals surface area contributed by atoms with Gasteiger partial charge in [0.2, 0.25) is 5.91 Å². The van der Waals surface area contributed by atoms with Crippen LogP contribution in [0.2, 0.25) is 0 Å². The zero-order chi connectivity index (χ0) is 19.2. The second-order valence-corrected chi connectivity index (χ2v) is 7.04. The number of amides is 1. The zero-order valence-electron chi connectivity index (χ0n) is 15.3. The van der Waals surface area contributed by atoms with Crippen molar-refractivity contribution in [2.24, 2.45) is 10.9 Å². The Bertz CT molecular complexity index is 630. The molecule has 0 bridgehead atoms. The number of aliphatic imine (C=N–C) groups is 1. The molecule has 0 spiro atoms. The zero-order valence-corrected chi connectivity index (χ0v) is 18.5. The minimum absolute atomic E-state index is 0. The number of nitrogens with zero attached hydrogens (tertiary/aromatic N) is 3. The summed E-state index contributed by atoms with van der Waals surface area (Å²) >= 11 is 0.964. The maximum absolute atomic E-state index is 12.6. The molecule has 1 aliphatic heterocycles. The van der Waals surface area contributed by atoms with Gasteiger partial charge in [-0.3, -0.25) is 4.79 Å². The molecule has 1 aromatic rings. The van der Waals surface area contributed by atoms with Crippen LogP contribution in [-0.2, 0) is 17.5 Å². The molecular formula is C16H25F3IN5OS. The van der Waals surface area contributed by atoms with Gasteiger partial charge in [-0.25, -0.2) is 9.98 Å². The molecule has 0 radical (unpaired) electrons. The molecule has 6 nitrogen and oxygen atoms in total. The van der Waals surface area contributed by atoms with Crippen LogP contribution in [-0.4, -0.2) is 48.4 Å². The molecule has 2 heterocycles. The Balaban J connectivity index is 0.00000364. The number of aromatic nitrogens is 1. The number of hydrogen-bond acceptors (Lipinski definition) is 4. The minimum atomic E-state index is -4.42. The lowest BCUT2D eigenvalue weighted by Gasteiger charge is -2.34. The molecule has 1 saturated heterocycles. The van der Waals surface area contributed by atoms with Gasteiger partial charge >= 0.3 is 6.18 Å². The summed E-state index contributed by atoms with van der Waals surface area (Å²) in [5, 5.41) is 7.17. The first-order chi connectivity index (χ1) is 12.3. The number of hydrogen-bond donors (Lipinski definition) is 2. The highest BCUT2D eigenvalue weighted by Crippen LogP contribution is 2.30. The van der Waals surface area contributed by atoms with Gasteiger partial charge < -0.3 is 15.5 Å². The van der Waals surface area contributed by atoms with Crippen molar-refractivity contribution in [1.82, 2.24) is 20.5 Å². The van der Waals surface area contributed by atoms with E-state index in [4.69, 9.17) is 0 Å². The molecule has 1 amide bonds. The fourth-order valence-electron chi connectivity index (χ4n) is 2.80. The van der Waals surface area contributed by atoms with Crippen LogP contribution < -0.4 is 10.6 Å². The summed E-state index contributed by atoms with van der Waals surface area (Å²) in [4.78, 5) is 21.6. The number of piperidine rings is 1. The monoisotopic (exact) mass is 519 g/mol. The minimum Gasteiger partial charge on any atom is -0.359 e. The first kappa shape index (κ1) is 23.9. The summed E-state index contributed by atoms with van der Waals surface area (Å²) in [7, 11) is 1.64. The summed E-state index contributed by atoms with van der Waals surface area (Å²) in [6.45, 7) is 4.25. The van der Waals surface area contributed by atoms with Gasteiger partial charge in [-0.05, 0) is 25.7 Å². The summed E-state index contributed by atoms with van der Waals surface area (Å²) in [5.41, 5.74) is -0.868. The van der Waals surface area contributed by atoms with Crippen LogP contribution in [0.15, 0.2) is 10.4 Å². The summed E-state index contributed by atoms with van der Waals surface area (Å²) in [6.07, 6.45) is -2.13. The number of guanidine groups is 1. The maximum atomic E-state index is 12.6. The second-order valence-electron chi connectivity index (χ2n) is 6.10. The van der Waals surface area contributed by atoms with Crippen molar-refractivity contribution in [3.05, 3.63) is 16.1 Å². The fourth-order valence-corrected chi connectivity index (χ4v) is 3.52. The number of halogens is 4. The van der Waals surface area contributed by atoms with E-state index in [0.29, 0.717) is 29.9 Å². The van der Waals surface area contributed by atoms with Crippen molar-refractivity contribution in [2.45, 2.75) is 38.9 Å². The number of likely N-dealkylation sites (tertiary alicyclic amines) is 1. The Morgan fingerprint density at radius 2 is 2.07 bits per heavy atom. The number of thiazole rings is 1. The Hall–Kier alpha value is -1.11. The fraction of sp³-hybridized carbons (Fsp3) is 0.688. The van der Waals surface area contributed by atoms with E-state index in [1.807, 2.05) is 6.92 Å². The van der Waals surface area contributed by atoms with Crippen molar-refractivity contribution in [2.75, 3.05) is 26.7 Å². The lowest BCUT2D eigenvalue weighted by Crippen LogP contribution is -2.46. The molecule has 0 aromatic carbocycles. The van der Waals surface area contributed by atoms with Crippen LogP contribution in [0.1, 0.15) is 36.9 Å². The normalized spacial score (nSPS) is 16.0. The van der Waals surface area contributed by atoms with Crippen LogP contribution >= 0.6 is 35.3 Å². The molecule has 0 aliphatic carbocycles. The number of carbonyl (C=O) groups is 1. The highest BCUT2D eigenvalue weighted by atomic mass is 127. The second kappa shape index (κ2) is 11.0. The molecule has 0 atom stereocenters. The molecule has 1 aliphatic rings. The van der Waals surface area contributed by atoms with Gasteiger partial charge in [-0.1, -0.05) is 0 Å². The van der Waals surface area contributed by atoms with E-state index < -0.39 is 11.9 Å². The van der Waals surface area contributed by atoms with Gasteiger partial charge in [-0.2, -0.15) is 13.2 Å². The average molecular weight is 519 g/mol. The largest absolute Gasteiger partial charge is 0.434 e. The quantitative estimate of drug-likeness (QED) is 0.357. The summed E-state index contributed by atoms with van der Waals surface area (Å²) in [6, 6.07) is 0. The predicted octanol–water partition coefficient (Wildman–Crippen LogP) is 3.09. The van der Waals surface area contributed by atoms with Crippen LogP contribution in [0.25, 0.3) is 0 Å². The van der Waals surface area contributed by atoms with E-state index in [1.54, 1.807) is 7.05 Å².